The molecule has 1 N–H and O–H groups in total. The SMILES string of the molecule is Cc1nc(C2CC2)nc2sc(C(=O)NC(C)CN3CCOC3=O)c(C)c12. The van der Waals surface area contributed by atoms with E-state index in [2.05, 4.69) is 10.3 Å². The van der Waals surface area contributed by atoms with Crippen LogP contribution in [-0.2, 0) is 4.74 Å². The predicted molar refractivity (Wildman–Crippen MR) is 98.7 cm³/mol. The van der Waals surface area contributed by atoms with Gasteiger partial charge in [0.05, 0.1) is 17.1 Å². The van der Waals surface area contributed by atoms with E-state index < -0.39 is 0 Å². The Morgan fingerprint density at radius 2 is 2.15 bits per heavy atom. The molecule has 2 aromatic rings. The molecule has 0 bridgehead atoms. The maximum absolute atomic E-state index is 12.8. The lowest BCUT2D eigenvalue weighted by atomic mass is 10.1. The summed E-state index contributed by atoms with van der Waals surface area (Å²) >= 11 is 1.42. The fourth-order valence-electron chi connectivity index (χ4n) is 3.36. The number of ether oxygens (including phenoxy) is 1. The molecule has 1 atom stereocenters. The summed E-state index contributed by atoms with van der Waals surface area (Å²) in [7, 11) is 0. The molecule has 4 rings (SSSR count). The van der Waals surface area contributed by atoms with Crippen molar-refractivity contribution in [2.45, 2.75) is 45.6 Å². The molecule has 1 aliphatic carbocycles. The van der Waals surface area contributed by atoms with Gasteiger partial charge in [0.2, 0.25) is 0 Å². The maximum Gasteiger partial charge on any atom is 0.410 e. The summed E-state index contributed by atoms with van der Waals surface area (Å²) < 4.78 is 4.92. The minimum Gasteiger partial charge on any atom is -0.448 e. The molecule has 2 aromatic heterocycles. The topological polar surface area (TPSA) is 84.4 Å². The molecule has 7 nitrogen and oxygen atoms in total. The van der Waals surface area contributed by atoms with Crippen LogP contribution in [0, 0.1) is 13.8 Å². The van der Waals surface area contributed by atoms with Crippen molar-refractivity contribution in [2.24, 2.45) is 0 Å². The minimum atomic E-state index is -0.317. The molecule has 0 aromatic carbocycles. The van der Waals surface area contributed by atoms with Gasteiger partial charge >= 0.3 is 6.09 Å². The third kappa shape index (κ3) is 3.13. The lowest BCUT2D eigenvalue weighted by Crippen LogP contribution is -2.42. The largest absolute Gasteiger partial charge is 0.448 e. The second-order valence-electron chi connectivity index (χ2n) is 7.11. The number of hydrogen-bond donors (Lipinski definition) is 1. The molecule has 2 fully saturated rings. The molecule has 0 spiro atoms. The number of nitrogens with zero attached hydrogens (tertiary/aromatic N) is 3. The number of aromatic nitrogens is 2. The van der Waals surface area contributed by atoms with Crippen LogP contribution in [-0.4, -0.2) is 52.6 Å². The first-order valence-electron chi connectivity index (χ1n) is 8.94. The predicted octanol–water partition coefficient (Wildman–Crippen LogP) is 2.76. The molecular weight excluding hydrogens is 352 g/mol. The molecule has 2 amide bonds. The lowest BCUT2D eigenvalue weighted by Gasteiger charge is -2.19. The van der Waals surface area contributed by atoms with Crippen molar-refractivity contribution in [1.82, 2.24) is 20.2 Å². The zero-order valence-corrected chi connectivity index (χ0v) is 16.0. The van der Waals surface area contributed by atoms with Crippen LogP contribution in [0.4, 0.5) is 4.79 Å². The van der Waals surface area contributed by atoms with E-state index in [0.717, 1.165) is 40.1 Å². The average Bonchev–Trinajstić information content (AvgIpc) is 3.28. The lowest BCUT2D eigenvalue weighted by molar-refractivity contribution is 0.0934. The van der Waals surface area contributed by atoms with E-state index >= 15 is 0 Å². The van der Waals surface area contributed by atoms with Crippen molar-refractivity contribution in [3.63, 3.8) is 0 Å². The summed E-state index contributed by atoms with van der Waals surface area (Å²) in [6, 6.07) is -0.160. The highest BCUT2D eigenvalue weighted by Gasteiger charge is 2.29. The molecule has 0 radical (unpaired) electrons. The van der Waals surface area contributed by atoms with E-state index in [9.17, 15) is 9.59 Å². The number of rotatable bonds is 5. The Hall–Kier alpha value is -2.22. The fraction of sp³-hybridized carbons (Fsp3) is 0.556. The Morgan fingerprint density at radius 1 is 1.38 bits per heavy atom. The van der Waals surface area contributed by atoms with Gasteiger partial charge in [-0.1, -0.05) is 0 Å². The van der Waals surface area contributed by atoms with Crippen LogP contribution in [0.5, 0.6) is 0 Å². The minimum absolute atomic E-state index is 0.127. The van der Waals surface area contributed by atoms with Gasteiger partial charge in [-0.15, -0.1) is 11.3 Å². The van der Waals surface area contributed by atoms with Crippen LogP contribution in [0.1, 0.15) is 52.4 Å². The molecule has 26 heavy (non-hydrogen) atoms. The average molecular weight is 374 g/mol. The van der Waals surface area contributed by atoms with Gasteiger partial charge in [0.25, 0.3) is 5.91 Å². The first-order chi connectivity index (χ1) is 12.4. The number of amides is 2. The number of nitrogens with one attached hydrogen (secondary N) is 1. The van der Waals surface area contributed by atoms with Gasteiger partial charge < -0.3 is 15.0 Å². The highest BCUT2D eigenvalue weighted by molar-refractivity contribution is 7.20. The molecule has 138 valence electrons. The second-order valence-corrected chi connectivity index (χ2v) is 8.11. The van der Waals surface area contributed by atoms with Gasteiger partial charge in [0.1, 0.15) is 17.3 Å². The number of cyclic esters (lactones) is 1. The first kappa shape index (κ1) is 17.2. The monoisotopic (exact) mass is 374 g/mol. The van der Waals surface area contributed by atoms with Crippen molar-refractivity contribution in [1.29, 1.82) is 0 Å². The van der Waals surface area contributed by atoms with E-state index in [1.54, 1.807) is 4.90 Å². The Balaban J connectivity index is 1.53. The van der Waals surface area contributed by atoms with Gasteiger partial charge in [0, 0.05) is 23.9 Å². The summed E-state index contributed by atoms with van der Waals surface area (Å²) in [5, 5.41) is 3.97. The number of hydrogen-bond acceptors (Lipinski definition) is 6. The number of carbonyl (C=O) groups is 2. The number of fused-ring (bicyclic) bond motifs is 1. The summed E-state index contributed by atoms with van der Waals surface area (Å²) in [6.07, 6.45) is 1.99. The van der Waals surface area contributed by atoms with Crippen LogP contribution in [0.2, 0.25) is 0 Å². The highest BCUT2D eigenvalue weighted by Crippen LogP contribution is 2.40. The van der Waals surface area contributed by atoms with E-state index in [0.29, 0.717) is 30.5 Å². The van der Waals surface area contributed by atoms with Crippen molar-refractivity contribution in [3.8, 4) is 0 Å². The van der Waals surface area contributed by atoms with E-state index in [1.807, 2.05) is 20.8 Å². The van der Waals surface area contributed by atoms with Crippen LogP contribution in [0.25, 0.3) is 10.2 Å². The number of aryl methyl sites for hydroxylation is 2. The molecule has 8 heteroatoms. The second kappa shape index (κ2) is 6.50. The van der Waals surface area contributed by atoms with Gasteiger partial charge in [0.15, 0.2) is 0 Å². The van der Waals surface area contributed by atoms with Crippen LogP contribution < -0.4 is 5.32 Å². The third-order valence-corrected chi connectivity index (χ3v) is 6.04. The zero-order chi connectivity index (χ0) is 18.4. The summed E-state index contributed by atoms with van der Waals surface area (Å²) in [6.45, 7) is 7.25. The third-order valence-electron chi connectivity index (χ3n) is 4.85. The molecule has 1 saturated carbocycles. The Labute approximate surface area is 155 Å². The fourth-order valence-corrected chi connectivity index (χ4v) is 4.50. The molecule has 2 aliphatic rings. The Bertz CT molecular complexity index is 890. The summed E-state index contributed by atoms with van der Waals surface area (Å²) in [4.78, 5) is 36.8. The van der Waals surface area contributed by atoms with Gasteiger partial charge in [-0.2, -0.15) is 0 Å². The van der Waals surface area contributed by atoms with Gasteiger partial charge in [-0.3, -0.25) is 4.79 Å². The van der Waals surface area contributed by atoms with Crippen LogP contribution >= 0.6 is 11.3 Å². The summed E-state index contributed by atoms with van der Waals surface area (Å²) in [5.41, 5.74) is 1.87. The van der Waals surface area contributed by atoms with E-state index in [-0.39, 0.29) is 18.0 Å². The number of carbonyl (C=O) groups excluding carboxylic acids is 2. The maximum atomic E-state index is 12.8. The van der Waals surface area contributed by atoms with Crippen molar-refractivity contribution in [2.75, 3.05) is 19.7 Å². The van der Waals surface area contributed by atoms with E-state index in [1.165, 1.54) is 11.3 Å². The van der Waals surface area contributed by atoms with Crippen LogP contribution in [0.15, 0.2) is 0 Å². The van der Waals surface area contributed by atoms with Crippen molar-refractivity contribution < 1.29 is 14.3 Å². The van der Waals surface area contributed by atoms with Crippen molar-refractivity contribution in [3.05, 3.63) is 22.0 Å². The smallest absolute Gasteiger partial charge is 0.410 e. The summed E-state index contributed by atoms with van der Waals surface area (Å²) in [5.74, 6) is 1.26. The molecule has 1 aliphatic heterocycles. The van der Waals surface area contributed by atoms with Gasteiger partial charge in [-0.05, 0) is 39.2 Å². The van der Waals surface area contributed by atoms with Crippen molar-refractivity contribution >= 4 is 33.6 Å². The Morgan fingerprint density at radius 3 is 2.81 bits per heavy atom. The molecule has 1 saturated heterocycles. The molecule has 1 unspecified atom stereocenters. The van der Waals surface area contributed by atoms with E-state index in [4.69, 9.17) is 9.72 Å². The normalized spacial score (nSPS) is 18.3. The van der Waals surface area contributed by atoms with Crippen LogP contribution in [0.3, 0.4) is 0 Å². The molecule has 3 heterocycles. The Kier molecular flexibility index (Phi) is 4.30. The molecular formula is C18H22N4O3S. The quantitative estimate of drug-likeness (QED) is 0.870. The van der Waals surface area contributed by atoms with Gasteiger partial charge in [-0.25, -0.2) is 14.8 Å². The first-order valence-corrected chi connectivity index (χ1v) is 9.76. The number of thiophene rings is 1. The standard InChI is InChI=1S/C18H22N4O3S/c1-9(8-22-6-7-25-18(22)24)19-16(23)14-10(2)13-11(3)20-15(12-4-5-12)21-17(13)26-14/h9,12H,4-8H2,1-3H3,(H,19,23). The zero-order valence-electron chi connectivity index (χ0n) is 15.2. The highest BCUT2D eigenvalue weighted by atomic mass is 32.1.